The summed E-state index contributed by atoms with van der Waals surface area (Å²) in [6.07, 6.45) is 7.19. The standard InChI is InChI=1S/C22H24N4O/c1-15-4-3-5-18(12-15)20-14-24-25-21(20)17-7-10-26(11-8-17)22(27)19-13-23-9-6-16(19)2/h3-6,9,12-14,17H,7-8,10-11H2,1-2H3,(H,24,25). The molecule has 2 aromatic heterocycles. The van der Waals surface area contributed by atoms with Gasteiger partial charge in [0, 0.05) is 42.7 Å². The zero-order chi connectivity index (χ0) is 18.8. The first-order valence-corrected chi connectivity index (χ1v) is 9.43. The average molecular weight is 360 g/mol. The lowest BCUT2D eigenvalue weighted by molar-refractivity contribution is 0.0711. The normalized spacial score (nSPS) is 15.1. The highest BCUT2D eigenvalue weighted by Crippen LogP contribution is 2.34. The van der Waals surface area contributed by atoms with Crippen LogP contribution >= 0.6 is 0 Å². The molecule has 0 bridgehead atoms. The van der Waals surface area contributed by atoms with Crippen LogP contribution in [0.5, 0.6) is 0 Å². The number of nitrogens with one attached hydrogen (secondary N) is 1. The third-order valence-electron chi connectivity index (χ3n) is 5.46. The van der Waals surface area contributed by atoms with Gasteiger partial charge in [0.1, 0.15) is 0 Å². The summed E-state index contributed by atoms with van der Waals surface area (Å²) in [5.41, 5.74) is 6.48. The SMILES string of the molecule is Cc1cccc(-c2cn[nH]c2C2CCN(C(=O)c3cnccc3C)CC2)c1. The fourth-order valence-corrected chi connectivity index (χ4v) is 3.88. The highest BCUT2D eigenvalue weighted by atomic mass is 16.2. The Bertz CT molecular complexity index is 954. The summed E-state index contributed by atoms with van der Waals surface area (Å²) < 4.78 is 0. The highest BCUT2D eigenvalue weighted by Gasteiger charge is 2.27. The first-order valence-electron chi connectivity index (χ1n) is 9.43. The number of H-pyrrole nitrogens is 1. The van der Waals surface area contributed by atoms with Crippen LogP contribution in [-0.2, 0) is 0 Å². The smallest absolute Gasteiger partial charge is 0.255 e. The minimum absolute atomic E-state index is 0.0857. The molecule has 4 rings (SSSR count). The van der Waals surface area contributed by atoms with Crippen LogP contribution < -0.4 is 0 Å². The maximum absolute atomic E-state index is 12.8. The molecule has 1 aliphatic heterocycles. The summed E-state index contributed by atoms with van der Waals surface area (Å²) in [4.78, 5) is 18.9. The van der Waals surface area contributed by atoms with E-state index >= 15 is 0 Å². The van der Waals surface area contributed by atoms with Gasteiger partial charge in [-0.2, -0.15) is 5.10 Å². The number of likely N-dealkylation sites (tertiary alicyclic amines) is 1. The monoisotopic (exact) mass is 360 g/mol. The third-order valence-corrected chi connectivity index (χ3v) is 5.46. The van der Waals surface area contributed by atoms with Gasteiger partial charge in [-0.3, -0.25) is 14.9 Å². The zero-order valence-corrected chi connectivity index (χ0v) is 15.8. The van der Waals surface area contributed by atoms with Gasteiger partial charge in [-0.1, -0.05) is 29.8 Å². The van der Waals surface area contributed by atoms with Crippen LogP contribution in [0.4, 0.5) is 0 Å². The number of rotatable bonds is 3. The lowest BCUT2D eigenvalue weighted by atomic mass is 9.89. The number of hydrogen-bond donors (Lipinski definition) is 1. The Hall–Kier alpha value is -2.95. The molecule has 0 spiro atoms. The van der Waals surface area contributed by atoms with Crippen molar-refractivity contribution in [3.05, 3.63) is 71.3 Å². The van der Waals surface area contributed by atoms with Crippen molar-refractivity contribution < 1.29 is 4.79 Å². The molecule has 3 heterocycles. The van der Waals surface area contributed by atoms with Crippen LogP contribution in [-0.4, -0.2) is 39.1 Å². The molecule has 0 radical (unpaired) electrons. The summed E-state index contributed by atoms with van der Waals surface area (Å²) in [7, 11) is 0. The van der Waals surface area contributed by atoms with Gasteiger partial charge in [-0.25, -0.2) is 0 Å². The van der Waals surface area contributed by atoms with E-state index in [0.717, 1.165) is 31.5 Å². The maximum atomic E-state index is 12.8. The highest BCUT2D eigenvalue weighted by molar-refractivity contribution is 5.95. The van der Waals surface area contributed by atoms with Crippen molar-refractivity contribution in [1.29, 1.82) is 0 Å². The van der Waals surface area contributed by atoms with Crippen molar-refractivity contribution in [2.75, 3.05) is 13.1 Å². The van der Waals surface area contributed by atoms with E-state index < -0.39 is 0 Å². The number of carbonyl (C=O) groups is 1. The van der Waals surface area contributed by atoms with E-state index in [1.54, 1.807) is 12.4 Å². The van der Waals surface area contributed by atoms with Gasteiger partial charge in [-0.15, -0.1) is 0 Å². The molecule has 27 heavy (non-hydrogen) atoms. The van der Waals surface area contributed by atoms with Crippen LogP contribution in [0.3, 0.4) is 0 Å². The predicted molar refractivity (Wildman–Crippen MR) is 106 cm³/mol. The van der Waals surface area contributed by atoms with Gasteiger partial charge in [0.05, 0.1) is 11.8 Å². The topological polar surface area (TPSA) is 61.9 Å². The maximum Gasteiger partial charge on any atom is 0.255 e. The van der Waals surface area contributed by atoms with Crippen LogP contribution in [0.15, 0.2) is 48.9 Å². The van der Waals surface area contributed by atoms with Gasteiger partial charge >= 0.3 is 0 Å². The van der Waals surface area contributed by atoms with Gasteiger partial charge in [0.2, 0.25) is 0 Å². The summed E-state index contributed by atoms with van der Waals surface area (Å²) >= 11 is 0. The molecular formula is C22H24N4O. The second-order valence-corrected chi connectivity index (χ2v) is 7.32. The molecule has 1 amide bonds. The summed E-state index contributed by atoms with van der Waals surface area (Å²) in [6, 6.07) is 10.4. The van der Waals surface area contributed by atoms with Gasteiger partial charge < -0.3 is 4.90 Å². The molecule has 0 saturated carbocycles. The Labute approximate surface area is 159 Å². The minimum atomic E-state index is 0.0857. The molecule has 1 fully saturated rings. The van der Waals surface area contributed by atoms with Crippen molar-refractivity contribution in [2.24, 2.45) is 0 Å². The zero-order valence-electron chi connectivity index (χ0n) is 15.8. The number of amides is 1. The quantitative estimate of drug-likeness (QED) is 0.765. The molecule has 3 aromatic rings. The van der Waals surface area contributed by atoms with E-state index in [2.05, 4.69) is 46.4 Å². The molecule has 5 heteroatoms. The van der Waals surface area contributed by atoms with Crippen molar-refractivity contribution in [1.82, 2.24) is 20.1 Å². The number of aryl methyl sites for hydroxylation is 2. The Morgan fingerprint density at radius 3 is 2.70 bits per heavy atom. The van der Waals surface area contributed by atoms with E-state index in [4.69, 9.17) is 0 Å². The van der Waals surface area contributed by atoms with Crippen LogP contribution in [0.2, 0.25) is 0 Å². The Morgan fingerprint density at radius 1 is 1.15 bits per heavy atom. The molecule has 1 aliphatic rings. The number of carbonyl (C=O) groups excluding carboxylic acids is 1. The number of pyridine rings is 1. The Balaban J connectivity index is 1.49. The molecule has 1 aromatic carbocycles. The number of aromatic amines is 1. The largest absolute Gasteiger partial charge is 0.339 e. The van der Waals surface area contributed by atoms with Crippen LogP contribution in [0.25, 0.3) is 11.1 Å². The predicted octanol–water partition coefficient (Wildman–Crippen LogP) is 4.11. The van der Waals surface area contributed by atoms with E-state index in [-0.39, 0.29) is 5.91 Å². The van der Waals surface area contributed by atoms with Crippen molar-refractivity contribution >= 4 is 5.91 Å². The molecule has 0 unspecified atom stereocenters. The fraction of sp³-hybridized carbons (Fsp3) is 0.318. The van der Waals surface area contributed by atoms with E-state index in [9.17, 15) is 4.79 Å². The van der Waals surface area contributed by atoms with Crippen molar-refractivity contribution in [3.63, 3.8) is 0 Å². The molecule has 1 N–H and O–H groups in total. The number of piperidine rings is 1. The van der Waals surface area contributed by atoms with Gasteiger partial charge in [-0.05, 0) is 43.9 Å². The minimum Gasteiger partial charge on any atom is -0.339 e. The molecular weight excluding hydrogens is 336 g/mol. The van der Waals surface area contributed by atoms with Gasteiger partial charge in [0.15, 0.2) is 0 Å². The Morgan fingerprint density at radius 2 is 1.96 bits per heavy atom. The first kappa shape index (κ1) is 17.5. The van der Waals surface area contributed by atoms with E-state index in [0.29, 0.717) is 11.5 Å². The fourth-order valence-electron chi connectivity index (χ4n) is 3.88. The average Bonchev–Trinajstić information content (AvgIpc) is 3.18. The number of nitrogens with zero attached hydrogens (tertiary/aromatic N) is 3. The van der Waals surface area contributed by atoms with Gasteiger partial charge in [0.25, 0.3) is 5.91 Å². The molecule has 0 aliphatic carbocycles. The van der Waals surface area contributed by atoms with Crippen LogP contribution in [0, 0.1) is 13.8 Å². The van der Waals surface area contributed by atoms with Crippen molar-refractivity contribution in [3.8, 4) is 11.1 Å². The molecule has 138 valence electrons. The molecule has 1 saturated heterocycles. The number of benzene rings is 1. The summed E-state index contributed by atoms with van der Waals surface area (Å²) in [6.45, 7) is 5.57. The third kappa shape index (κ3) is 3.50. The first-order chi connectivity index (χ1) is 13.1. The summed E-state index contributed by atoms with van der Waals surface area (Å²) in [5.74, 6) is 0.477. The molecule has 5 nitrogen and oxygen atoms in total. The van der Waals surface area contributed by atoms with E-state index in [1.165, 1.54) is 22.4 Å². The van der Waals surface area contributed by atoms with Crippen LogP contribution in [0.1, 0.15) is 45.9 Å². The second-order valence-electron chi connectivity index (χ2n) is 7.32. The lowest BCUT2D eigenvalue weighted by Gasteiger charge is -2.32. The van der Waals surface area contributed by atoms with Crippen molar-refractivity contribution in [2.45, 2.75) is 32.6 Å². The van der Waals surface area contributed by atoms with E-state index in [1.807, 2.05) is 24.1 Å². The lowest BCUT2D eigenvalue weighted by Crippen LogP contribution is -2.38. The Kier molecular flexibility index (Phi) is 4.75. The number of aromatic nitrogens is 3. The summed E-state index contributed by atoms with van der Waals surface area (Å²) in [5, 5.41) is 7.52. The second kappa shape index (κ2) is 7.35. The molecule has 0 atom stereocenters. The number of hydrogen-bond acceptors (Lipinski definition) is 3.